The first kappa shape index (κ1) is 22.7. The minimum absolute atomic E-state index is 0.0766. The molecule has 0 saturated carbocycles. The van der Waals surface area contributed by atoms with Crippen LogP contribution in [-0.2, 0) is 20.7 Å². The third-order valence-electron chi connectivity index (χ3n) is 4.72. The Labute approximate surface area is 174 Å². The molecule has 1 unspecified atom stereocenters. The summed E-state index contributed by atoms with van der Waals surface area (Å²) in [7, 11) is 0. The lowest BCUT2D eigenvalue weighted by Gasteiger charge is -2.14. The molecule has 0 aliphatic carbocycles. The van der Waals surface area contributed by atoms with Crippen LogP contribution >= 0.6 is 0 Å². The normalized spacial score (nSPS) is 11.7. The average Bonchev–Trinajstić information content (AvgIpc) is 2.73. The molecule has 2 aromatic rings. The zero-order chi connectivity index (χ0) is 21.1. The zero-order valence-corrected chi connectivity index (χ0v) is 17.8. The van der Waals surface area contributed by atoms with E-state index in [2.05, 4.69) is 31.2 Å². The molecule has 4 heteroatoms. The highest BCUT2D eigenvalue weighted by molar-refractivity contribution is 5.90. The van der Waals surface area contributed by atoms with Crippen molar-refractivity contribution < 1.29 is 19.1 Å². The fourth-order valence-corrected chi connectivity index (χ4v) is 3.01. The topological polar surface area (TPSA) is 52.6 Å². The number of carbonyl (C=O) groups is 2. The third kappa shape index (κ3) is 7.72. The van der Waals surface area contributed by atoms with Gasteiger partial charge in [0.2, 0.25) is 0 Å². The highest BCUT2D eigenvalue weighted by Crippen LogP contribution is 2.21. The van der Waals surface area contributed by atoms with Crippen molar-refractivity contribution >= 4 is 11.9 Å². The van der Waals surface area contributed by atoms with Gasteiger partial charge < -0.3 is 9.47 Å². The third-order valence-corrected chi connectivity index (χ3v) is 4.72. The minimum Gasteiger partial charge on any atom is -0.462 e. The Balaban J connectivity index is 1.88. The van der Waals surface area contributed by atoms with Gasteiger partial charge in [-0.1, -0.05) is 63.1 Å². The number of ether oxygens (including phenoxy) is 2. The van der Waals surface area contributed by atoms with Crippen LogP contribution in [0.1, 0.15) is 68.8 Å². The molecule has 0 radical (unpaired) electrons. The van der Waals surface area contributed by atoms with Crippen LogP contribution in [0.2, 0.25) is 0 Å². The maximum atomic E-state index is 12.3. The van der Waals surface area contributed by atoms with E-state index in [9.17, 15) is 9.59 Å². The van der Waals surface area contributed by atoms with E-state index in [1.54, 1.807) is 19.1 Å². The standard InChI is InChI=1S/C25H32O4/c1-4-6-7-9-20-10-12-21(13-11-20)22-14-16-23(17-15-22)25(27)29-19(3)18-28-24(26)8-5-2/h10-17,19H,4-9,18H2,1-3H3. The molecule has 0 aliphatic heterocycles. The van der Waals surface area contributed by atoms with Gasteiger partial charge in [0.1, 0.15) is 12.7 Å². The summed E-state index contributed by atoms with van der Waals surface area (Å²) in [5, 5.41) is 0. The predicted molar refractivity (Wildman–Crippen MR) is 116 cm³/mol. The van der Waals surface area contributed by atoms with Crippen LogP contribution in [0.25, 0.3) is 11.1 Å². The molecule has 0 amide bonds. The van der Waals surface area contributed by atoms with Crippen LogP contribution in [0.15, 0.2) is 48.5 Å². The molecule has 0 aliphatic rings. The molecule has 0 fully saturated rings. The summed E-state index contributed by atoms with van der Waals surface area (Å²) in [5.41, 5.74) is 4.02. The second-order valence-corrected chi connectivity index (χ2v) is 7.38. The Hall–Kier alpha value is -2.62. The molecule has 0 aromatic heterocycles. The SMILES string of the molecule is CCCCCc1ccc(-c2ccc(C(=O)OC(C)COC(=O)CCC)cc2)cc1. The largest absolute Gasteiger partial charge is 0.462 e. The van der Waals surface area contributed by atoms with E-state index in [0.29, 0.717) is 12.0 Å². The number of esters is 2. The van der Waals surface area contributed by atoms with Crippen LogP contribution in [0.5, 0.6) is 0 Å². The second kappa shape index (κ2) is 12.1. The van der Waals surface area contributed by atoms with Crippen LogP contribution in [0.4, 0.5) is 0 Å². The lowest BCUT2D eigenvalue weighted by molar-refractivity contribution is -0.146. The monoisotopic (exact) mass is 396 g/mol. The summed E-state index contributed by atoms with van der Waals surface area (Å²) >= 11 is 0. The van der Waals surface area contributed by atoms with Crippen molar-refractivity contribution in [3.63, 3.8) is 0 Å². The van der Waals surface area contributed by atoms with Crippen LogP contribution in [-0.4, -0.2) is 24.6 Å². The van der Waals surface area contributed by atoms with Gasteiger partial charge in [0, 0.05) is 6.42 Å². The van der Waals surface area contributed by atoms with Gasteiger partial charge in [-0.05, 0) is 55.0 Å². The van der Waals surface area contributed by atoms with Crippen molar-refractivity contribution in [3.05, 3.63) is 59.7 Å². The first-order chi connectivity index (χ1) is 14.0. The van der Waals surface area contributed by atoms with Gasteiger partial charge in [-0.25, -0.2) is 4.79 Å². The van der Waals surface area contributed by atoms with Crippen molar-refractivity contribution in [2.24, 2.45) is 0 Å². The number of benzene rings is 2. The summed E-state index contributed by atoms with van der Waals surface area (Å²) in [4.78, 5) is 23.7. The number of aryl methyl sites for hydroxylation is 1. The van der Waals surface area contributed by atoms with E-state index in [4.69, 9.17) is 9.47 Å². The zero-order valence-electron chi connectivity index (χ0n) is 17.8. The molecule has 0 spiro atoms. The van der Waals surface area contributed by atoms with Crippen LogP contribution in [0, 0.1) is 0 Å². The van der Waals surface area contributed by atoms with Crippen molar-refractivity contribution in [1.29, 1.82) is 0 Å². The first-order valence-corrected chi connectivity index (χ1v) is 10.6. The smallest absolute Gasteiger partial charge is 0.338 e. The van der Waals surface area contributed by atoms with Gasteiger partial charge in [-0.2, -0.15) is 0 Å². The van der Waals surface area contributed by atoms with Crippen molar-refractivity contribution in [2.45, 2.75) is 65.4 Å². The number of rotatable bonds is 11. The fraction of sp³-hybridized carbons (Fsp3) is 0.440. The fourth-order valence-electron chi connectivity index (χ4n) is 3.01. The molecule has 0 saturated heterocycles. The minimum atomic E-state index is -0.483. The average molecular weight is 397 g/mol. The van der Waals surface area contributed by atoms with E-state index in [1.165, 1.54) is 24.8 Å². The van der Waals surface area contributed by atoms with Crippen LogP contribution in [0.3, 0.4) is 0 Å². The Morgan fingerprint density at radius 3 is 2.07 bits per heavy atom. The quantitative estimate of drug-likeness (QED) is 0.346. The molecular weight excluding hydrogens is 364 g/mol. The first-order valence-electron chi connectivity index (χ1n) is 10.6. The molecule has 0 bridgehead atoms. The Kier molecular flexibility index (Phi) is 9.42. The molecule has 2 aromatic carbocycles. The molecule has 29 heavy (non-hydrogen) atoms. The molecule has 1 atom stereocenters. The lowest BCUT2D eigenvalue weighted by Crippen LogP contribution is -2.22. The number of hydrogen-bond donors (Lipinski definition) is 0. The number of hydrogen-bond acceptors (Lipinski definition) is 4. The van der Waals surface area contributed by atoms with Gasteiger partial charge in [0.25, 0.3) is 0 Å². The Bertz CT molecular complexity index is 762. The molecule has 0 heterocycles. The summed E-state index contributed by atoms with van der Waals surface area (Å²) < 4.78 is 10.4. The maximum Gasteiger partial charge on any atom is 0.338 e. The van der Waals surface area contributed by atoms with E-state index in [1.807, 2.05) is 19.1 Å². The molecular formula is C25H32O4. The van der Waals surface area contributed by atoms with E-state index >= 15 is 0 Å². The molecule has 0 N–H and O–H groups in total. The second-order valence-electron chi connectivity index (χ2n) is 7.38. The Morgan fingerprint density at radius 2 is 1.48 bits per heavy atom. The predicted octanol–water partition coefficient (Wildman–Crippen LogP) is 5.97. The van der Waals surface area contributed by atoms with Gasteiger partial charge in [-0.3, -0.25) is 4.79 Å². The van der Waals surface area contributed by atoms with E-state index in [0.717, 1.165) is 24.0 Å². The number of carbonyl (C=O) groups excluding carboxylic acids is 2. The van der Waals surface area contributed by atoms with Crippen LogP contribution < -0.4 is 0 Å². The van der Waals surface area contributed by atoms with Gasteiger partial charge >= 0.3 is 11.9 Å². The maximum absolute atomic E-state index is 12.3. The number of unbranched alkanes of at least 4 members (excludes halogenated alkanes) is 2. The summed E-state index contributed by atoms with van der Waals surface area (Å²) in [6.07, 6.45) is 5.47. The molecule has 156 valence electrons. The van der Waals surface area contributed by atoms with Crippen molar-refractivity contribution in [3.8, 4) is 11.1 Å². The van der Waals surface area contributed by atoms with Crippen molar-refractivity contribution in [1.82, 2.24) is 0 Å². The highest BCUT2D eigenvalue weighted by atomic mass is 16.6. The van der Waals surface area contributed by atoms with Gasteiger partial charge in [-0.15, -0.1) is 0 Å². The molecule has 2 rings (SSSR count). The van der Waals surface area contributed by atoms with Gasteiger partial charge in [0.15, 0.2) is 0 Å². The summed E-state index contributed by atoms with van der Waals surface area (Å²) in [5.74, 6) is -0.682. The Morgan fingerprint density at radius 1 is 0.862 bits per heavy atom. The van der Waals surface area contributed by atoms with Crippen molar-refractivity contribution in [2.75, 3.05) is 6.61 Å². The van der Waals surface area contributed by atoms with Gasteiger partial charge in [0.05, 0.1) is 5.56 Å². The molecule has 4 nitrogen and oxygen atoms in total. The highest BCUT2D eigenvalue weighted by Gasteiger charge is 2.14. The lowest BCUT2D eigenvalue weighted by atomic mass is 10.0. The summed E-state index contributed by atoms with van der Waals surface area (Å²) in [6.45, 7) is 5.92. The summed E-state index contributed by atoms with van der Waals surface area (Å²) in [6, 6.07) is 16.0. The van der Waals surface area contributed by atoms with E-state index < -0.39 is 12.1 Å². The van der Waals surface area contributed by atoms with E-state index in [-0.39, 0.29) is 12.6 Å².